The molecule has 1 amide bonds. The summed E-state index contributed by atoms with van der Waals surface area (Å²) in [6, 6.07) is 12.6. The van der Waals surface area contributed by atoms with E-state index in [4.69, 9.17) is 0 Å². The number of fused-ring (bicyclic) bond motifs is 1. The van der Waals surface area contributed by atoms with Crippen molar-refractivity contribution in [2.75, 3.05) is 13.6 Å². The Balaban J connectivity index is 2.20. The van der Waals surface area contributed by atoms with E-state index in [9.17, 15) is 13.2 Å². The first-order chi connectivity index (χ1) is 10.8. The largest absolute Gasteiger partial charge is 0.353 e. The zero-order valence-electron chi connectivity index (χ0n) is 13.6. The second-order valence-electron chi connectivity index (χ2n) is 5.65. The second kappa shape index (κ2) is 7.10. The normalized spacial score (nSPS) is 13.2. The summed E-state index contributed by atoms with van der Waals surface area (Å²) < 4.78 is 26.3. The Kier molecular flexibility index (Phi) is 5.38. The van der Waals surface area contributed by atoms with Crippen LogP contribution in [0.2, 0.25) is 0 Å². The molecule has 0 aliphatic carbocycles. The zero-order chi connectivity index (χ0) is 17.0. The molecule has 2 aromatic carbocycles. The molecule has 124 valence electrons. The van der Waals surface area contributed by atoms with Crippen LogP contribution in [0.5, 0.6) is 0 Å². The van der Waals surface area contributed by atoms with Crippen LogP contribution in [0.4, 0.5) is 0 Å². The van der Waals surface area contributed by atoms with Gasteiger partial charge in [0.05, 0.1) is 11.4 Å². The third-order valence-electron chi connectivity index (χ3n) is 3.82. The predicted molar refractivity (Wildman–Crippen MR) is 91.7 cm³/mol. The number of sulfonamides is 1. The van der Waals surface area contributed by atoms with E-state index in [0.717, 1.165) is 21.5 Å². The topological polar surface area (TPSA) is 66.5 Å². The summed E-state index contributed by atoms with van der Waals surface area (Å²) in [6.45, 7) is 3.65. The number of hydrogen-bond acceptors (Lipinski definition) is 3. The molecule has 0 radical (unpaired) electrons. The standard InChI is InChI=1S/C17H22N2O3S/c1-4-13(2)18-17(20)12-19(3)23(21,22)16-10-9-14-7-5-6-8-15(14)11-16/h5-11,13H,4,12H2,1-3H3,(H,18,20)/t13-/m0/s1. The lowest BCUT2D eigenvalue weighted by Gasteiger charge is -2.19. The molecular formula is C17H22N2O3S. The van der Waals surface area contributed by atoms with Gasteiger partial charge in [-0.3, -0.25) is 4.79 Å². The van der Waals surface area contributed by atoms with Gasteiger partial charge in [0.1, 0.15) is 0 Å². The van der Waals surface area contributed by atoms with Crippen molar-refractivity contribution in [1.82, 2.24) is 9.62 Å². The third-order valence-corrected chi connectivity index (χ3v) is 5.61. The summed E-state index contributed by atoms with van der Waals surface area (Å²) in [5.41, 5.74) is 0. The minimum Gasteiger partial charge on any atom is -0.353 e. The Labute approximate surface area is 137 Å². The van der Waals surface area contributed by atoms with Gasteiger partial charge in [0.2, 0.25) is 15.9 Å². The molecule has 0 bridgehead atoms. The quantitative estimate of drug-likeness (QED) is 0.882. The van der Waals surface area contributed by atoms with E-state index in [1.165, 1.54) is 7.05 Å². The van der Waals surface area contributed by atoms with Crippen molar-refractivity contribution in [2.24, 2.45) is 0 Å². The lowest BCUT2D eigenvalue weighted by Crippen LogP contribution is -2.41. The van der Waals surface area contributed by atoms with E-state index in [1.54, 1.807) is 18.2 Å². The molecule has 0 fully saturated rings. The highest BCUT2D eigenvalue weighted by Crippen LogP contribution is 2.21. The SMILES string of the molecule is CC[C@H](C)NC(=O)CN(C)S(=O)(=O)c1ccc2ccccc2c1. The molecule has 1 atom stereocenters. The number of nitrogens with one attached hydrogen (secondary N) is 1. The molecule has 0 unspecified atom stereocenters. The molecule has 2 aromatic rings. The van der Waals surface area contributed by atoms with Crippen molar-refractivity contribution in [3.8, 4) is 0 Å². The van der Waals surface area contributed by atoms with Crippen molar-refractivity contribution >= 4 is 26.7 Å². The van der Waals surface area contributed by atoms with Crippen molar-refractivity contribution in [3.05, 3.63) is 42.5 Å². The number of likely N-dealkylation sites (N-methyl/N-ethyl adjacent to an activating group) is 1. The Hall–Kier alpha value is -1.92. The van der Waals surface area contributed by atoms with Gasteiger partial charge >= 0.3 is 0 Å². The van der Waals surface area contributed by atoms with Gasteiger partial charge in [0, 0.05) is 13.1 Å². The molecular weight excluding hydrogens is 312 g/mol. The number of benzene rings is 2. The molecule has 0 saturated carbocycles. The van der Waals surface area contributed by atoms with E-state index in [0.29, 0.717) is 0 Å². The van der Waals surface area contributed by atoms with Crippen molar-refractivity contribution in [3.63, 3.8) is 0 Å². The van der Waals surface area contributed by atoms with Crippen LogP contribution in [-0.4, -0.2) is 38.3 Å². The van der Waals surface area contributed by atoms with Crippen LogP contribution in [0.3, 0.4) is 0 Å². The predicted octanol–water partition coefficient (Wildman–Crippen LogP) is 2.38. The molecule has 0 saturated heterocycles. The van der Waals surface area contributed by atoms with E-state index in [-0.39, 0.29) is 23.4 Å². The smallest absolute Gasteiger partial charge is 0.243 e. The summed E-state index contributed by atoms with van der Waals surface area (Å²) >= 11 is 0. The van der Waals surface area contributed by atoms with Crippen molar-refractivity contribution in [2.45, 2.75) is 31.2 Å². The average molecular weight is 334 g/mol. The van der Waals surface area contributed by atoms with Crippen molar-refractivity contribution in [1.29, 1.82) is 0 Å². The number of carbonyl (C=O) groups is 1. The summed E-state index contributed by atoms with van der Waals surface area (Å²) in [6.07, 6.45) is 0.798. The summed E-state index contributed by atoms with van der Waals surface area (Å²) in [4.78, 5) is 12.1. The summed E-state index contributed by atoms with van der Waals surface area (Å²) in [5.74, 6) is -0.300. The van der Waals surface area contributed by atoms with Gasteiger partial charge in [-0.1, -0.05) is 37.3 Å². The van der Waals surface area contributed by atoms with Crippen molar-refractivity contribution < 1.29 is 13.2 Å². The fourth-order valence-electron chi connectivity index (χ4n) is 2.22. The highest BCUT2D eigenvalue weighted by atomic mass is 32.2. The molecule has 2 rings (SSSR count). The number of nitrogens with zero attached hydrogens (tertiary/aromatic N) is 1. The molecule has 0 aliphatic rings. The van der Waals surface area contributed by atoms with Gasteiger partial charge in [-0.25, -0.2) is 8.42 Å². The molecule has 0 heterocycles. The number of carbonyl (C=O) groups excluding carboxylic acids is 1. The van der Waals surface area contributed by atoms with Crippen LogP contribution in [0.15, 0.2) is 47.4 Å². The van der Waals surface area contributed by atoms with Crippen LogP contribution >= 0.6 is 0 Å². The fraction of sp³-hybridized carbons (Fsp3) is 0.353. The third kappa shape index (κ3) is 4.09. The minimum absolute atomic E-state index is 0.0271. The first kappa shape index (κ1) is 17.4. The monoisotopic (exact) mass is 334 g/mol. The second-order valence-corrected chi connectivity index (χ2v) is 7.69. The van der Waals surface area contributed by atoms with Gasteiger partial charge in [-0.05, 0) is 36.2 Å². The van der Waals surface area contributed by atoms with E-state index < -0.39 is 10.0 Å². The van der Waals surface area contributed by atoms with Crippen LogP contribution in [0, 0.1) is 0 Å². The van der Waals surface area contributed by atoms with Crippen LogP contribution in [0.1, 0.15) is 20.3 Å². The van der Waals surface area contributed by atoms with Gasteiger partial charge in [-0.15, -0.1) is 0 Å². The Morgan fingerprint density at radius 1 is 1.17 bits per heavy atom. The maximum Gasteiger partial charge on any atom is 0.243 e. The van der Waals surface area contributed by atoms with Crippen LogP contribution in [0.25, 0.3) is 10.8 Å². The fourth-order valence-corrected chi connectivity index (χ4v) is 3.38. The maximum atomic E-state index is 12.6. The Bertz CT molecular complexity index is 802. The molecule has 0 aromatic heterocycles. The minimum atomic E-state index is -3.70. The molecule has 23 heavy (non-hydrogen) atoms. The van der Waals surface area contributed by atoms with Gasteiger partial charge < -0.3 is 5.32 Å². The lowest BCUT2D eigenvalue weighted by atomic mass is 10.1. The average Bonchev–Trinajstić information content (AvgIpc) is 2.53. The maximum absolute atomic E-state index is 12.6. The molecule has 5 nitrogen and oxygen atoms in total. The number of hydrogen-bond donors (Lipinski definition) is 1. The first-order valence-corrected chi connectivity index (χ1v) is 9.03. The molecule has 0 aliphatic heterocycles. The number of rotatable bonds is 6. The summed E-state index contributed by atoms with van der Waals surface area (Å²) in [7, 11) is -2.28. The van der Waals surface area contributed by atoms with Gasteiger partial charge in [0.25, 0.3) is 0 Å². The highest BCUT2D eigenvalue weighted by Gasteiger charge is 2.23. The van der Waals surface area contributed by atoms with Crippen LogP contribution < -0.4 is 5.32 Å². The summed E-state index contributed by atoms with van der Waals surface area (Å²) in [5, 5.41) is 4.60. The van der Waals surface area contributed by atoms with E-state index in [2.05, 4.69) is 5.32 Å². The zero-order valence-corrected chi connectivity index (χ0v) is 14.4. The Morgan fingerprint density at radius 3 is 2.48 bits per heavy atom. The Morgan fingerprint density at radius 2 is 1.83 bits per heavy atom. The van der Waals surface area contributed by atoms with Crippen LogP contribution in [-0.2, 0) is 14.8 Å². The lowest BCUT2D eigenvalue weighted by molar-refractivity contribution is -0.121. The highest BCUT2D eigenvalue weighted by molar-refractivity contribution is 7.89. The molecule has 6 heteroatoms. The van der Waals surface area contributed by atoms with E-state index in [1.807, 2.05) is 38.1 Å². The van der Waals surface area contributed by atoms with Gasteiger partial charge in [0.15, 0.2) is 0 Å². The number of amides is 1. The van der Waals surface area contributed by atoms with Gasteiger partial charge in [-0.2, -0.15) is 4.31 Å². The molecule has 1 N–H and O–H groups in total. The molecule has 0 spiro atoms. The van der Waals surface area contributed by atoms with E-state index >= 15 is 0 Å². The first-order valence-electron chi connectivity index (χ1n) is 7.59.